The molecule has 1 N–H and O–H groups in total. The van der Waals surface area contributed by atoms with Crippen molar-refractivity contribution in [1.82, 2.24) is 23.7 Å². The van der Waals surface area contributed by atoms with Crippen LogP contribution < -0.4 is 11.1 Å². The van der Waals surface area contributed by atoms with Crippen LogP contribution >= 0.6 is 11.3 Å². The van der Waals surface area contributed by atoms with E-state index in [0.717, 1.165) is 15.1 Å². The number of pyridine rings is 1. The van der Waals surface area contributed by atoms with Crippen molar-refractivity contribution in [2.45, 2.75) is 19.5 Å². The molecule has 0 amide bonds. The first-order valence-corrected chi connectivity index (χ1v) is 12.2. The van der Waals surface area contributed by atoms with Crippen LogP contribution in [-0.2, 0) is 23.6 Å². The van der Waals surface area contributed by atoms with Crippen LogP contribution in [0, 0.1) is 0 Å². The van der Waals surface area contributed by atoms with Crippen molar-refractivity contribution >= 4 is 31.4 Å². The quantitative estimate of drug-likeness (QED) is 0.632. The minimum absolute atomic E-state index is 0.0651. The van der Waals surface area contributed by atoms with E-state index in [1.54, 1.807) is 13.2 Å². The predicted octanol–water partition coefficient (Wildman–Crippen LogP) is 0.816. The summed E-state index contributed by atoms with van der Waals surface area (Å²) < 4.78 is 27.5. The standard InChI is InChI=1S/C19H23N5O4S2/c1-12-8-24(30(3,27)28)5-4-23(12)9-13-6-14-18(29-13)15(10-22(2)19(14)26)16-7-17(25)21-11-20-16/h6-7,10-12H,4-5,8-9H2,1-3H3,(H,20,21,25). The molecular formula is C19H23N5O4S2. The minimum atomic E-state index is -3.20. The van der Waals surface area contributed by atoms with E-state index < -0.39 is 10.0 Å². The van der Waals surface area contributed by atoms with Gasteiger partial charge in [-0.15, -0.1) is 11.3 Å². The zero-order chi connectivity index (χ0) is 21.6. The van der Waals surface area contributed by atoms with Gasteiger partial charge < -0.3 is 9.55 Å². The number of thiophene rings is 1. The van der Waals surface area contributed by atoms with Crippen molar-refractivity contribution in [2.75, 3.05) is 25.9 Å². The molecule has 1 aliphatic rings. The number of aromatic amines is 1. The highest BCUT2D eigenvalue weighted by atomic mass is 32.2. The summed E-state index contributed by atoms with van der Waals surface area (Å²) in [6.45, 7) is 4.17. The summed E-state index contributed by atoms with van der Waals surface area (Å²) in [6, 6.07) is 3.38. The Morgan fingerprint density at radius 2 is 2.03 bits per heavy atom. The van der Waals surface area contributed by atoms with Crippen LogP contribution in [0.5, 0.6) is 0 Å². The van der Waals surface area contributed by atoms with Gasteiger partial charge >= 0.3 is 0 Å². The van der Waals surface area contributed by atoms with E-state index in [1.165, 1.54) is 38.9 Å². The monoisotopic (exact) mass is 449 g/mol. The van der Waals surface area contributed by atoms with Gasteiger partial charge in [0, 0.05) is 62.0 Å². The fraction of sp³-hybridized carbons (Fsp3) is 0.421. The van der Waals surface area contributed by atoms with Crippen molar-refractivity contribution in [3.8, 4) is 11.3 Å². The fourth-order valence-corrected chi connectivity index (χ4v) is 5.87. The lowest BCUT2D eigenvalue weighted by molar-refractivity contribution is 0.123. The van der Waals surface area contributed by atoms with E-state index >= 15 is 0 Å². The average molecular weight is 450 g/mol. The first-order valence-electron chi connectivity index (χ1n) is 9.50. The van der Waals surface area contributed by atoms with E-state index in [2.05, 4.69) is 14.9 Å². The van der Waals surface area contributed by atoms with Crippen LogP contribution in [0.3, 0.4) is 0 Å². The molecule has 0 bridgehead atoms. The van der Waals surface area contributed by atoms with Crippen LogP contribution in [0.1, 0.15) is 11.8 Å². The second kappa shape index (κ2) is 7.73. The van der Waals surface area contributed by atoms with Crippen LogP contribution in [0.25, 0.3) is 21.3 Å². The molecule has 1 saturated heterocycles. The maximum Gasteiger partial charge on any atom is 0.259 e. The Labute approximate surface area is 177 Å². The first kappa shape index (κ1) is 20.9. The SMILES string of the molecule is CC1CN(S(C)(=O)=O)CCN1Cc1cc2c(=O)n(C)cc(-c3cc(=O)[nH]cn3)c2s1. The van der Waals surface area contributed by atoms with Crippen molar-refractivity contribution in [3.63, 3.8) is 0 Å². The summed E-state index contributed by atoms with van der Waals surface area (Å²) in [6.07, 6.45) is 4.30. The van der Waals surface area contributed by atoms with Crippen LogP contribution in [-0.4, -0.2) is 64.1 Å². The second-order valence-corrected chi connectivity index (χ2v) is 10.8. The Morgan fingerprint density at radius 3 is 2.70 bits per heavy atom. The molecule has 0 saturated carbocycles. The lowest BCUT2D eigenvalue weighted by Gasteiger charge is -2.38. The number of aryl methyl sites for hydroxylation is 1. The Balaban J connectivity index is 1.69. The van der Waals surface area contributed by atoms with Gasteiger partial charge in [-0.3, -0.25) is 14.5 Å². The molecular weight excluding hydrogens is 426 g/mol. The zero-order valence-corrected chi connectivity index (χ0v) is 18.6. The fourth-order valence-electron chi connectivity index (χ4n) is 3.78. The van der Waals surface area contributed by atoms with Gasteiger partial charge in [-0.1, -0.05) is 0 Å². The predicted molar refractivity (Wildman–Crippen MR) is 117 cm³/mol. The van der Waals surface area contributed by atoms with Crippen molar-refractivity contribution in [3.05, 3.63) is 50.2 Å². The normalized spacial score (nSPS) is 18.8. The summed E-state index contributed by atoms with van der Waals surface area (Å²) in [5.41, 5.74) is 0.902. The van der Waals surface area contributed by atoms with E-state index in [4.69, 9.17) is 0 Å². The van der Waals surface area contributed by atoms with Gasteiger partial charge in [0.15, 0.2) is 0 Å². The van der Waals surface area contributed by atoms with E-state index in [-0.39, 0.29) is 17.2 Å². The molecule has 1 aliphatic heterocycles. The summed E-state index contributed by atoms with van der Waals surface area (Å²) in [4.78, 5) is 34.4. The third-order valence-electron chi connectivity index (χ3n) is 5.41. The maximum atomic E-state index is 12.7. The summed E-state index contributed by atoms with van der Waals surface area (Å²) >= 11 is 1.51. The molecule has 11 heteroatoms. The Kier molecular flexibility index (Phi) is 5.39. The topological polar surface area (TPSA) is 108 Å². The van der Waals surface area contributed by atoms with Gasteiger partial charge in [-0.2, -0.15) is 4.31 Å². The summed E-state index contributed by atoms with van der Waals surface area (Å²) in [7, 11) is -1.51. The number of nitrogens with zero attached hydrogens (tertiary/aromatic N) is 4. The van der Waals surface area contributed by atoms with Crippen LogP contribution in [0.15, 0.2) is 34.2 Å². The van der Waals surface area contributed by atoms with Crippen molar-refractivity contribution in [2.24, 2.45) is 7.05 Å². The molecule has 3 aromatic rings. The van der Waals surface area contributed by atoms with Gasteiger partial charge in [0.2, 0.25) is 10.0 Å². The molecule has 1 fully saturated rings. The van der Waals surface area contributed by atoms with Gasteiger partial charge in [0.1, 0.15) is 0 Å². The first-order chi connectivity index (χ1) is 14.1. The summed E-state index contributed by atoms with van der Waals surface area (Å²) in [5, 5.41) is 0.597. The number of piperazine rings is 1. The average Bonchev–Trinajstić information content (AvgIpc) is 3.09. The third-order valence-corrected chi connectivity index (χ3v) is 7.83. The Hall–Kier alpha value is -2.34. The number of sulfonamides is 1. The maximum absolute atomic E-state index is 12.7. The largest absolute Gasteiger partial charge is 0.317 e. The highest BCUT2D eigenvalue weighted by molar-refractivity contribution is 7.88. The number of rotatable bonds is 4. The molecule has 0 aromatic carbocycles. The number of H-pyrrole nitrogens is 1. The van der Waals surface area contributed by atoms with Gasteiger partial charge in [-0.05, 0) is 13.0 Å². The second-order valence-electron chi connectivity index (χ2n) is 7.65. The van der Waals surface area contributed by atoms with Crippen LogP contribution in [0.4, 0.5) is 0 Å². The smallest absolute Gasteiger partial charge is 0.259 e. The van der Waals surface area contributed by atoms with Gasteiger partial charge in [0.05, 0.1) is 28.4 Å². The number of nitrogens with one attached hydrogen (secondary N) is 1. The molecule has 4 heterocycles. The van der Waals surface area contributed by atoms with E-state index in [1.807, 2.05) is 13.0 Å². The molecule has 30 heavy (non-hydrogen) atoms. The lowest BCUT2D eigenvalue weighted by Crippen LogP contribution is -2.52. The number of fused-ring (bicyclic) bond motifs is 1. The molecule has 0 aliphatic carbocycles. The number of aromatic nitrogens is 3. The third kappa shape index (κ3) is 3.97. The molecule has 9 nitrogen and oxygen atoms in total. The lowest BCUT2D eigenvalue weighted by atomic mass is 10.1. The zero-order valence-electron chi connectivity index (χ0n) is 17.0. The number of hydrogen-bond acceptors (Lipinski definition) is 7. The van der Waals surface area contributed by atoms with Gasteiger partial charge in [0.25, 0.3) is 11.1 Å². The molecule has 1 unspecified atom stereocenters. The molecule has 4 rings (SSSR count). The van der Waals surface area contributed by atoms with Gasteiger partial charge in [-0.25, -0.2) is 13.4 Å². The van der Waals surface area contributed by atoms with Crippen molar-refractivity contribution < 1.29 is 8.42 Å². The minimum Gasteiger partial charge on any atom is -0.317 e. The summed E-state index contributed by atoms with van der Waals surface area (Å²) in [5.74, 6) is 0. The van der Waals surface area contributed by atoms with E-state index in [0.29, 0.717) is 37.3 Å². The molecule has 1 atom stereocenters. The Bertz CT molecular complexity index is 1320. The molecule has 160 valence electrons. The highest BCUT2D eigenvalue weighted by Gasteiger charge is 2.29. The van der Waals surface area contributed by atoms with Crippen LogP contribution in [0.2, 0.25) is 0 Å². The molecule has 0 radical (unpaired) electrons. The van der Waals surface area contributed by atoms with Crippen molar-refractivity contribution in [1.29, 1.82) is 0 Å². The van der Waals surface area contributed by atoms with E-state index in [9.17, 15) is 18.0 Å². The molecule has 3 aromatic heterocycles. The number of hydrogen-bond donors (Lipinski definition) is 1. The highest BCUT2D eigenvalue weighted by Crippen LogP contribution is 2.33. The molecule has 0 spiro atoms. The Morgan fingerprint density at radius 1 is 1.27 bits per heavy atom.